The van der Waals surface area contributed by atoms with Crippen LogP contribution in [-0.2, 0) is 21.4 Å². The van der Waals surface area contributed by atoms with E-state index in [0.29, 0.717) is 17.9 Å². The molecule has 1 aromatic heterocycles. The number of carbonyl (C=O) groups is 1. The molecule has 0 aliphatic carbocycles. The number of esters is 1. The maximum atomic E-state index is 11.6. The van der Waals surface area contributed by atoms with Gasteiger partial charge in [0.1, 0.15) is 5.75 Å². The zero-order valence-corrected chi connectivity index (χ0v) is 15.3. The van der Waals surface area contributed by atoms with Gasteiger partial charge in [-0.15, -0.1) is 0 Å². The lowest BCUT2D eigenvalue weighted by atomic mass is 9.79. The summed E-state index contributed by atoms with van der Waals surface area (Å²) in [7, 11) is 0. The highest BCUT2D eigenvalue weighted by molar-refractivity contribution is 5.72. The Kier molecular flexibility index (Phi) is 5.22. The van der Waals surface area contributed by atoms with Crippen molar-refractivity contribution in [2.75, 3.05) is 13.2 Å². The summed E-state index contributed by atoms with van der Waals surface area (Å²) in [4.78, 5) is 11.6. The Bertz CT molecular complexity index is 878. The first-order chi connectivity index (χ1) is 12.5. The highest BCUT2D eigenvalue weighted by Gasteiger charge is 2.28. The molecule has 2 heterocycles. The minimum atomic E-state index is -0.316. The number of ether oxygens (including phenoxy) is 2. The van der Waals surface area contributed by atoms with Gasteiger partial charge < -0.3 is 9.47 Å². The summed E-state index contributed by atoms with van der Waals surface area (Å²) in [5, 5.41) is 7.88. The molecular formula is C21H22N2O3. The lowest BCUT2D eigenvalue weighted by molar-refractivity contribution is -0.142. The van der Waals surface area contributed by atoms with E-state index in [1.807, 2.05) is 12.1 Å². The van der Waals surface area contributed by atoms with Crippen LogP contribution >= 0.6 is 0 Å². The molecule has 2 aromatic rings. The number of hydrogen-bond donors (Lipinski definition) is 0. The summed E-state index contributed by atoms with van der Waals surface area (Å²) in [5.41, 5.74) is 3.45. The van der Waals surface area contributed by atoms with Crippen molar-refractivity contribution < 1.29 is 14.3 Å². The van der Waals surface area contributed by atoms with Crippen LogP contribution in [0.25, 0.3) is 0 Å². The largest absolute Gasteiger partial charge is 0.493 e. The van der Waals surface area contributed by atoms with E-state index in [1.54, 1.807) is 19.2 Å². The Hall–Kier alpha value is -2.87. The summed E-state index contributed by atoms with van der Waals surface area (Å²) in [6.45, 7) is 7.32. The van der Waals surface area contributed by atoms with Gasteiger partial charge in [0.2, 0.25) is 0 Å². The number of aromatic nitrogens is 2. The summed E-state index contributed by atoms with van der Waals surface area (Å²) in [6.07, 6.45) is 2.68. The minimum absolute atomic E-state index is 0.0797. The predicted octanol–water partition coefficient (Wildman–Crippen LogP) is 3.04. The first kappa shape index (κ1) is 17.9. The lowest BCUT2D eigenvalue weighted by Crippen LogP contribution is -2.26. The third-order valence-electron chi connectivity index (χ3n) is 4.38. The number of rotatable bonds is 3. The molecule has 0 amide bonds. The molecule has 0 radical (unpaired) electrons. The minimum Gasteiger partial charge on any atom is -0.493 e. The van der Waals surface area contributed by atoms with Crippen LogP contribution in [-0.4, -0.2) is 29.4 Å². The van der Waals surface area contributed by atoms with E-state index in [1.165, 1.54) is 5.56 Å². The van der Waals surface area contributed by atoms with E-state index in [9.17, 15) is 4.79 Å². The van der Waals surface area contributed by atoms with Gasteiger partial charge in [0, 0.05) is 16.7 Å². The van der Waals surface area contributed by atoms with Gasteiger partial charge in [-0.1, -0.05) is 25.7 Å². The summed E-state index contributed by atoms with van der Waals surface area (Å²) >= 11 is 0. The van der Waals surface area contributed by atoms with Crippen molar-refractivity contribution in [2.45, 2.75) is 39.0 Å². The zero-order valence-electron chi connectivity index (χ0n) is 15.3. The van der Waals surface area contributed by atoms with Crippen molar-refractivity contribution >= 4 is 5.97 Å². The van der Waals surface area contributed by atoms with E-state index in [-0.39, 0.29) is 17.8 Å². The van der Waals surface area contributed by atoms with Crippen molar-refractivity contribution in [3.63, 3.8) is 0 Å². The molecule has 0 N–H and O–H groups in total. The third-order valence-corrected chi connectivity index (χ3v) is 4.38. The number of benzene rings is 1. The first-order valence-corrected chi connectivity index (χ1v) is 8.74. The van der Waals surface area contributed by atoms with Crippen LogP contribution < -0.4 is 4.74 Å². The van der Waals surface area contributed by atoms with E-state index in [4.69, 9.17) is 9.47 Å². The molecule has 0 unspecified atom stereocenters. The lowest BCUT2D eigenvalue weighted by Gasteiger charge is -2.32. The van der Waals surface area contributed by atoms with Crippen LogP contribution in [0.5, 0.6) is 5.75 Å². The summed E-state index contributed by atoms with van der Waals surface area (Å²) in [6, 6.07) is 7.80. The molecule has 0 atom stereocenters. The molecule has 26 heavy (non-hydrogen) atoms. The van der Waals surface area contributed by atoms with Crippen molar-refractivity contribution in [1.82, 2.24) is 10.2 Å². The van der Waals surface area contributed by atoms with Crippen LogP contribution in [0.2, 0.25) is 0 Å². The van der Waals surface area contributed by atoms with Crippen LogP contribution in [0.4, 0.5) is 0 Å². The Labute approximate surface area is 153 Å². The van der Waals surface area contributed by atoms with Gasteiger partial charge in [0.05, 0.1) is 31.5 Å². The molecule has 5 heteroatoms. The van der Waals surface area contributed by atoms with E-state index >= 15 is 0 Å². The van der Waals surface area contributed by atoms with Gasteiger partial charge >= 0.3 is 5.97 Å². The number of fused-ring (bicyclic) bond motifs is 1. The number of hydrogen-bond acceptors (Lipinski definition) is 5. The van der Waals surface area contributed by atoms with Crippen molar-refractivity contribution in [3.05, 3.63) is 52.8 Å². The molecule has 134 valence electrons. The smallest absolute Gasteiger partial charge is 0.311 e. The second-order valence-corrected chi connectivity index (χ2v) is 6.86. The molecule has 0 bridgehead atoms. The monoisotopic (exact) mass is 350 g/mol. The highest BCUT2D eigenvalue weighted by Crippen LogP contribution is 2.38. The quantitative estimate of drug-likeness (QED) is 0.629. The normalized spacial score (nSPS) is 14.4. The Morgan fingerprint density at radius 2 is 2.08 bits per heavy atom. The summed E-state index contributed by atoms with van der Waals surface area (Å²) in [5.74, 6) is 6.88. The van der Waals surface area contributed by atoms with Gasteiger partial charge in [0.15, 0.2) is 0 Å². The molecule has 1 aliphatic rings. The topological polar surface area (TPSA) is 61.3 Å². The number of nitrogens with zero attached hydrogens (tertiary/aromatic N) is 2. The molecule has 1 aromatic carbocycles. The average molecular weight is 350 g/mol. The molecule has 0 saturated heterocycles. The van der Waals surface area contributed by atoms with Crippen molar-refractivity contribution in [1.29, 1.82) is 0 Å². The second kappa shape index (κ2) is 7.57. The summed E-state index contributed by atoms with van der Waals surface area (Å²) < 4.78 is 10.7. The average Bonchev–Trinajstić information content (AvgIpc) is 2.60. The van der Waals surface area contributed by atoms with Crippen LogP contribution in [0.3, 0.4) is 0 Å². The van der Waals surface area contributed by atoms with Crippen LogP contribution in [0.1, 0.15) is 49.6 Å². The fourth-order valence-electron chi connectivity index (χ4n) is 2.88. The maximum absolute atomic E-state index is 11.6. The van der Waals surface area contributed by atoms with Gasteiger partial charge in [-0.05, 0) is 43.0 Å². The van der Waals surface area contributed by atoms with E-state index in [2.05, 4.69) is 42.0 Å². The van der Waals surface area contributed by atoms with Crippen LogP contribution in [0, 0.1) is 11.8 Å². The van der Waals surface area contributed by atoms with Gasteiger partial charge in [-0.25, -0.2) is 0 Å². The molecular weight excluding hydrogens is 328 g/mol. The van der Waals surface area contributed by atoms with E-state index in [0.717, 1.165) is 24.3 Å². The Morgan fingerprint density at radius 1 is 1.27 bits per heavy atom. The molecule has 1 aliphatic heterocycles. The van der Waals surface area contributed by atoms with Gasteiger partial charge in [0.25, 0.3) is 0 Å². The first-order valence-electron chi connectivity index (χ1n) is 8.74. The standard InChI is InChI=1S/C21H22N2O3/c1-4-25-20(24)13-17-11-16(14-22-23-17)6-5-15-7-8-19-18(12-15)21(2,3)9-10-26-19/h7-8,11-12,14H,4,9-10,13H2,1-3H3. The SMILES string of the molecule is CCOC(=O)Cc1cc(C#Cc2ccc3c(c2)C(C)(C)CCO3)cnn1. The molecule has 5 nitrogen and oxygen atoms in total. The van der Waals surface area contributed by atoms with Gasteiger partial charge in [-0.3, -0.25) is 4.79 Å². The number of carbonyl (C=O) groups excluding carboxylic acids is 1. The van der Waals surface area contributed by atoms with Crippen LogP contribution in [0.15, 0.2) is 30.5 Å². The van der Waals surface area contributed by atoms with Gasteiger partial charge in [-0.2, -0.15) is 10.2 Å². The second-order valence-electron chi connectivity index (χ2n) is 6.86. The zero-order chi connectivity index (χ0) is 18.6. The maximum Gasteiger partial charge on any atom is 0.311 e. The van der Waals surface area contributed by atoms with Crippen molar-refractivity contribution in [3.8, 4) is 17.6 Å². The molecule has 0 fully saturated rings. The fourth-order valence-corrected chi connectivity index (χ4v) is 2.88. The predicted molar refractivity (Wildman–Crippen MR) is 97.9 cm³/mol. The molecule has 0 saturated carbocycles. The highest BCUT2D eigenvalue weighted by atomic mass is 16.5. The Morgan fingerprint density at radius 3 is 2.88 bits per heavy atom. The molecule has 0 spiro atoms. The van der Waals surface area contributed by atoms with E-state index < -0.39 is 0 Å². The fraction of sp³-hybridized carbons (Fsp3) is 0.381. The molecule has 3 rings (SSSR count). The third kappa shape index (κ3) is 4.20. The van der Waals surface area contributed by atoms with Crippen molar-refractivity contribution in [2.24, 2.45) is 0 Å². The Balaban J connectivity index is 1.81.